The number of aryl methyl sites for hydroxylation is 1. The quantitative estimate of drug-likeness (QED) is 0.684. The van der Waals surface area contributed by atoms with Gasteiger partial charge in [0.25, 0.3) is 5.56 Å². The molecule has 0 spiro atoms. The van der Waals surface area contributed by atoms with Gasteiger partial charge in [0.15, 0.2) is 5.78 Å². The second-order valence-electron chi connectivity index (χ2n) is 5.29. The van der Waals surface area contributed by atoms with Gasteiger partial charge in [0, 0.05) is 30.0 Å². The maximum atomic E-state index is 12.4. The molecule has 4 rings (SSSR count). The van der Waals surface area contributed by atoms with Crippen molar-refractivity contribution in [3.8, 4) is 11.1 Å². The summed E-state index contributed by atoms with van der Waals surface area (Å²) in [6, 6.07) is 17.2. The highest BCUT2D eigenvalue weighted by Gasteiger charge is 2.21. The van der Waals surface area contributed by atoms with Crippen LogP contribution >= 0.6 is 0 Å². The summed E-state index contributed by atoms with van der Waals surface area (Å²) in [4.78, 5) is 24.5. The largest absolute Gasteiger partial charge is 0.307 e. The predicted molar refractivity (Wildman–Crippen MR) is 82.6 cm³/mol. The van der Waals surface area contributed by atoms with Crippen molar-refractivity contribution in [1.29, 1.82) is 0 Å². The van der Waals surface area contributed by atoms with E-state index < -0.39 is 0 Å². The van der Waals surface area contributed by atoms with Gasteiger partial charge in [0.05, 0.1) is 5.52 Å². The summed E-state index contributed by atoms with van der Waals surface area (Å²) in [6.07, 6.45) is 0.400. The minimum Gasteiger partial charge on any atom is -0.307 e. The fourth-order valence-electron chi connectivity index (χ4n) is 3.09. The van der Waals surface area contributed by atoms with Gasteiger partial charge < -0.3 is 4.57 Å². The van der Waals surface area contributed by atoms with Crippen LogP contribution in [0.25, 0.3) is 22.0 Å². The van der Waals surface area contributed by atoms with E-state index in [9.17, 15) is 9.59 Å². The average Bonchev–Trinajstić information content (AvgIpc) is 2.53. The Morgan fingerprint density at radius 3 is 2.48 bits per heavy atom. The summed E-state index contributed by atoms with van der Waals surface area (Å²) < 4.78 is 1.72. The molecule has 0 atom stereocenters. The van der Waals surface area contributed by atoms with Gasteiger partial charge in [-0.1, -0.05) is 42.5 Å². The zero-order valence-corrected chi connectivity index (χ0v) is 11.4. The molecule has 1 aliphatic rings. The number of Topliss-reactive ketones (excluding diaryl/α,β-unsaturated/α-hetero) is 1. The molecule has 0 radical (unpaired) electrons. The number of para-hydroxylation sites is 1. The van der Waals surface area contributed by atoms with Gasteiger partial charge >= 0.3 is 0 Å². The van der Waals surface area contributed by atoms with Crippen molar-refractivity contribution in [1.82, 2.24) is 4.57 Å². The first kappa shape index (κ1) is 12.1. The van der Waals surface area contributed by atoms with Crippen LogP contribution in [-0.4, -0.2) is 10.4 Å². The Labute approximate surface area is 121 Å². The van der Waals surface area contributed by atoms with E-state index in [0.29, 0.717) is 18.5 Å². The second kappa shape index (κ2) is 4.42. The van der Waals surface area contributed by atoms with Gasteiger partial charge in [0.2, 0.25) is 0 Å². The van der Waals surface area contributed by atoms with Crippen LogP contribution in [0.3, 0.4) is 0 Å². The normalized spacial score (nSPS) is 13.6. The lowest BCUT2D eigenvalue weighted by Crippen LogP contribution is -2.26. The second-order valence-corrected chi connectivity index (χ2v) is 5.29. The van der Waals surface area contributed by atoms with Gasteiger partial charge in [-0.2, -0.15) is 0 Å². The Morgan fingerprint density at radius 1 is 0.857 bits per heavy atom. The summed E-state index contributed by atoms with van der Waals surface area (Å²) >= 11 is 0. The van der Waals surface area contributed by atoms with Crippen LogP contribution < -0.4 is 5.56 Å². The number of benzene rings is 2. The van der Waals surface area contributed by atoms with Gasteiger partial charge in [0.1, 0.15) is 0 Å². The van der Waals surface area contributed by atoms with Crippen LogP contribution in [0.5, 0.6) is 0 Å². The van der Waals surface area contributed by atoms with Crippen LogP contribution in [0.15, 0.2) is 59.4 Å². The van der Waals surface area contributed by atoms with E-state index in [0.717, 1.165) is 22.0 Å². The lowest BCUT2D eigenvalue weighted by atomic mass is 9.95. The summed E-state index contributed by atoms with van der Waals surface area (Å²) in [5.41, 5.74) is 3.29. The molecule has 0 aliphatic carbocycles. The Morgan fingerprint density at radius 2 is 1.67 bits per heavy atom. The van der Waals surface area contributed by atoms with Crippen LogP contribution in [0.1, 0.15) is 16.8 Å². The third-order valence-electron chi connectivity index (χ3n) is 4.08. The third kappa shape index (κ3) is 1.74. The number of hydrogen-bond donors (Lipinski definition) is 0. The Kier molecular flexibility index (Phi) is 2.54. The van der Waals surface area contributed by atoms with E-state index in [1.807, 2.05) is 48.5 Å². The van der Waals surface area contributed by atoms with E-state index in [2.05, 4.69) is 0 Å². The molecule has 0 N–H and O–H groups in total. The monoisotopic (exact) mass is 275 g/mol. The van der Waals surface area contributed by atoms with E-state index in [4.69, 9.17) is 0 Å². The summed E-state index contributed by atoms with van der Waals surface area (Å²) in [5.74, 6) is 0.116. The maximum Gasteiger partial charge on any atom is 0.251 e. The molecule has 102 valence electrons. The Hall–Kier alpha value is -2.68. The highest BCUT2D eigenvalue weighted by molar-refractivity contribution is 6.10. The molecule has 0 bridgehead atoms. The minimum absolute atomic E-state index is 0.0405. The number of aromatic nitrogens is 1. The van der Waals surface area contributed by atoms with Gasteiger partial charge in [-0.05, 0) is 17.2 Å². The van der Waals surface area contributed by atoms with E-state index >= 15 is 0 Å². The summed E-state index contributed by atoms with van der Waals surface area (Å²) in [6.45, 7) is 0.472. The van der Waals surface area contributed by atoms with Gasteiger partial charge in [-0.15, -0.1) is 0 Å². The Bertz CT molecular complexity index is 923. The van der Waals surface area contributed by atoms with Crippen LogP contribution in [0.4, 0.5) is 0 Å². The zero-order chi connectivity index (χ0) is 14.4. The van der Waals surface area contributed by atoms with E-state index in [1.165, 1.54) is 0 Å². The highest BCUT2D eigenvalue weighted by Crippen LogP contribution is 2.31. The van der Waals surface area contributed by atoms with Crippen LogP contribution in [0, 0.1) is 0 Å². The first-order valence-corrected chi connectivity index (χ1v) is 7.01. The molecule has 0 saturated heterocycles. The highest BCUT2D eigenvalue weighted by atomic mass is 16.1. The lowest BCUT2D eigenvalue weighted by Gasteiger charge is -2.20. The van der Waals surface area contributed by atoms with E-state index in [-0.39, 0.29) is 11.3 Å². The molecule has 3 heteroatoms. The number of nitrogens with zero attached hydrogens (tertiary/aromatic N) is 1. The van der Waals surface area contributed by atoms with Crippen molar-refractivity contribution >= 4 is 16.7 Å². The molecule has 0 amide bonds. The van der Waals surface area contributed by atoms with E-state index in [1.54, 1.807) is 10.6 Å². The summed E-state index contributed by atoms with van der Waals surface area (Å²) in [7, 11) is 0. The standard InChI is InChI=1S/C18H13NO2/c20-16-9-10-19-17(21)11-15(12-5-2-1-3-6-12)13-7-4-8-14(16)18(13)19/h1-8,11H,9-10H2. The smallest absolute Gasteiger partial charge is 0.251 e. The number of rotatable bonds is 1. The van der Waals surface area contributed by atoms with Crippen molar-refractivity contribution in [2.24, 2.45) is 0 Å². The van der Waals surface area contributed by atoms with Crippen LogP contribution in [-0.2, 0) is 6.54 Å². The Balaban J connectivity index is 2.17. The minimum atomic E-state index is -0.0405. The molecule has 0 unspecified atom stereocenters. The number of carbonyl (C=O) groups excluding carboxylic acids is 1. The molecule has 0 fully saturated rings. The van der Waals surface area contributed by atoms with Crippen molar-refractivity contribution in [3.63, 3.8) is 0 Å². The molecule has 2 aromatic carbocycles. The van der Waals surface area contributed by atoms with Crippen molar-refractivity contribution in [2.75, 3.05) is 0 Å². The molecular weight excluding hydrogens is 262 g/mol. The molecule has 2 heterocycles. The topological polar surface area (TPSA) is 39.1 Å². The molecule has 3 nitrogen and oxygen atoms in total. The SMILES string of the molecule is O=C1CCn2c(=O)cc(-c3ccccc3)c3cccc1c32. The zero-order valence-electron chi connectivity index (χ0n) is 11.4. The average molecular weight is 275 g/mol. The number of pyridine rings is 1. The number of carbonyl (C=O) groups is 1. The maximum absolute atomic E-state index is 12.4. The van der Waals surface area contributed by atoms with Crippen molar-refractivity contribution in [2.45, 2.75) is 13.0 Å². The predicted octanol–water partition coefficient (Wildman–Crippen LogP) is 3.25. The van der Waals surface area contributed by atoms with Gasteiger partial charge in [-0.3, -0.25) is 9.59 Å². The molecule has 1 aliphatic heterocycles. The molecule has 21 heavy (non-hydrogen) atoms. The molecule has 0 saturated carbocycles. The number of ketones is 1. The molecule has 1 aromatic heterocycles. The lowest BCUT2D eigenvalue weighted by molar-refractivity contribution is 0.0972. The first-order chi connectivity index (χ1) is 10.3. The van der Waals surface area contributed by atoms with Crippen molar-refractivity contribution < 1.29 is 4.79 Å². The summed E-state index contributed by atoms with van der Waals surface area (Å²) in [5, 5.41) is 0.964. The van der Waals surface area contributed by atoms with Crippen LogP contribution in [0.2, 0.25) is 0 Å². The fourth-order valence-corrected chi connectivity index (χ4v) is 3.09. The number of hydrogen-bond acceptors (Lipinski definition) is 2. The fraction of sp³-hybridized carbons (Fsp3) is 0.111. The third-order valence-corrected chi connectivity index (χ3v) is 4.08. The van der Waals surface area contributed by atoms with Gasteiger partial charge in [-0.25, -0.2) is 0 Å². The molecular formula is C18H13NO2. The van der Waals surface area contributed by atoms with Crippen molar-refractivity contribution in [3.05, 3.63) is 70.5 Å². The first-order valence-electron chi connectivity index (χ1n) is 7.01. The molecule has 3 aromatic rings.